The van der Waals surface area contributed by atoms with Gasteiger partial charge in [0.15, 0.2) is 0 Å². The highest BCUT2D eigenvalue weighted by atomic mass is 16.5. The van der Waals surface area contributed by atoms with Gasteiger partial charge in [-0.3, -0.25) is 0 Å². The van der Waals surface area contributed by atoms with Crippen molar-refractivity contribution >= 4 is 5.97 Å². The number of hydrogen-bond acceptors (Lipinski definition) is 4. The number of esters is 1. The van der Waals surface area contributed by atoms with Gasteiger partial charge in [-0.2, -0.15) is 0 Å². The van der Waals surface area contributed by atoms with Crippen molar-refractivity contribution in [1.29, 1.82) is 0 Å². The van der Waals surface area contributed by atoms with Gasteiger partial charge in [-0.05, 0) is 38.9 Å². The van der Waals surface area contributed by atoms with Gasteiger partial charge in [0.25, 0.3) is 0 Å². The Balaban J connectivity index is 2.36. The largest absolute Gasteiger partial charge is 0.458 e. The maximum Gasteiger partial charge on any atom is 0.374 e. The van der Waals surface area contributed by atoms with E-state index in [0.717, 1.165) is 13.0 Å². The number of carbonyl (C=O) groups excluding carboxylic acids is 1. The van der Waals surface area contributed by atoms with Crippen LogP contribution in [0, 0.1) is 0 Å². The highest BCUT2D eigenvalue weighted by molar-refractivity contribution is 5.86. The Labute approximate surface area is 96.0 Å². The van der Waals surface area contributed by atoms with E-state index in [9.17, 15) is 4.79 Å². The maximum atomic E-state index is 11.5. The zero-order valence-electron chi connectivity index (χ0n) is 10.1. The van der Waals surface area contributed by atoms with Crippen LogP contribution in [0.15, 0.2) is 22.8 Å². The predicted molar refractivity (Wildman–Crippen MR) is 61.4 cm³/mol. The summed E-state index contributed by atoms with van der Waals surface area (Å²) in [7, 11) is 0. The summed E-state index contributed by atoms with van der Waals surface area (Å²) in [6, 6.07) is 3.26. The molecule has 1 N–H and O–H groups in total. The van der Waals surface area contributed by atoms with Crippen molar-refractivity contribution in [3.05, 3.63) is 24.2 Å². The molecule has 1 rings (SSSR count). The molecule has 1 aromatic heterocycles. The first-order valence-electron chi connectivity index (χ1n) is 5.51. The minimum absolute atomic E-state index is 0.210. The van der Waals surface area contributed by atoms with Crippen LogP contribution in [0.3, 0.4) is 0 Å². The summed E-state index contributed by atoms with van der Waals surface area (Å²) in [6.45, 7) is 7.33. The third-order valence-corrected chi connectivity index (χ3v) is 2.14. The summed E-state index contributed by atoms with van der Waals surface area (Å²) in [5.74, 6) is -0.178. The van der Waals surface area contributed by atoms with Crippen molar-refractivity contribution in [3.63, 3.8) is 0 Å². The molecule has 0 aromatic carbocycles. The Hall–Kier alpha value is -1.29. The predicted octanol–water partition coefficient (Wildman–Crippen LogP) is 2.21. The Kier molecular flexibility index (Phi) is 4.55. The number of ether oxygens (including phenoxy) is 1. The molecule has 90 valence electrons. The lowest BCUT2D eigenvalue weighted by Crippen LogP contribution is -2.44. The third kappa shape index (κ3) is 4.06. The molecule has 16 heavy (non-hydrogen) atoms. The lowest BCUT2D eigenvalue weighted by atomic mass is 10.1. The van der Waals surface area contributed by atoms with Crippen LogP contribution in [0.2, 0.25) is 0 Å². The molecule has 0 aliphatic carbocycles. The molecule has 0 unspecified atom stereocenters. The van der Waals surface area contributed by atoms with Crippen LogP contribution in [0.25, 0.3) is 0 Å². The van der Waals surface area contributed by atoms with Gasteiger partial charge in [-0.25, -0.2) is 4.79 Å². The molecule has 1 heterocycles. The Morgan fingerprint density at radius 2 is 2.31 bits per heavy atom. The molecule has 4 nitrogen and oxygen atoms in total. The van der Waals surface area contributed by atoms with Crippen molar-refractivity contribution in [3.8, 4) is 0 Å². The first-order valence-corrected chi connectivity index (χ1v) is 5.51. The van der Waals surface area contributed by atoms with E-state index in [0.29, 0.717) is 6.61 Å². The molecule has 0 spiro atoms. The first kappa shape index (κ1) is 12.8. The maximum absolute atomic E-state index is 11.5. The highest BCUT2D eigenvalue weighted by Gasteiger charge is 2.20. The van der Waals surface area contributed by atoms with Crippen LogP contribution >= 0.6 is 0 Å². The zero-order chi connectivity index (χ0) is 12.0. The highest BCUT2D eigenvalue weighted by Crippen LogP contribution is 2.07. The van der Waals surface area contributed by atoms with E-state index in [4.69, 9.17) is 9.15 Å². The normalized spacial score (nSPS) is 11.4. The second kappa shape index (κ2) is 5.70. The van der Waals surface area contributed by atoms with E-state index in [1.165, 1.54) is 6.26 Å². The van der Waals surface area contributed by atoms with Crippen molar-refractivity contribution in [2.24, 2.45) is 0 Å². The molecule has 0 saturated heterocycles. The molecular weight excluding hydrogens is 206 g/mol. The number of furan rings is 1. The molecule has 4 heteroatoms. The fourth-order valence-corrected chi connectivity index (χ4v) is 1.23. The summed E-state index contributed by atoms with van der Waals surface area (Å²) in [4.78, 5) is 11.5. The molecule has 0 radical (unpaired) electrons. The Morgan fingerprint density at radius 3 is 2.88 bits per heavy atom. The van der Waals surface area contributed by atoms with Crippen LogP contribution < -0.4 is 5.32 Å². The summed E-state index contributed by atoms with van der Waals surface area (Å²) in [5, 5.41) is 3.30. The van der Waals surface area contributed by atoms with Crippen LogP contribution in [0.5, 0.6) is 0 Å². The summed E-state index contributed by atoms with van der Waals surface area (Å²) >= 11 is 0. The zero-order valence-corrected chi connectivity index (χ0v) is 10.1. The standard InChI is InChI=1S/C12H19NO3/c1-4-7-13-12(2,3)9-16-11(14)10-6-5-8-15-10/h5-6,8,13H,4,7,9H2,1-3H3. The van der Waals surface area contributed by atoms with Gasteiger partial charge >= 0.3 is 5.97 Å². The van der Waals surface area contributed by atoms with Gasteiger partial charge in [0.1, 0.15) is 6.61 Å². The molecular formula is C12H19NO3. The quantitative estimate of drug-likeness (QED) is 0.754. The van der Waals surface area contributed by atoms with Crippen LogP contribution in [0.4, 0.5) is 0 Å². The van der Waals surface area contributed by atoms with Crippen molar-refractivity contribution in [2.45, 2.75) is 32.7 Å². The van der Waals surface area contributed by atoms with E-state index in [1.807, 2.05) is 13.8 Å². The average Bonchev–Trinajstić information content (AvgIpc) is 2.77. The molecule has 0 amide bonds. The Bertz CT molecular complexity index is 317. The van der Waals surface area contributed by atoms with Crippen LogP contribution in [-0.2, 0) is 4.74 Å². The fourth-order valence-electron chi connectivity index (χ4n) is 1.23. The second-order valence-electron chi connectivity index (χ2n) is 4.36. The van der Waals surface area contributed by atoms with Gasteiger partial charge < -0.3 is 14.5 Å². The molecule has 0 fully saturated rings. The minimum atomic E-state index is -0.420. The van der Waals surface area contributed by atoms with E-state index in [2.05, 4.69) is 12.2 Å². The van der Waals surface area contributed by atoms with Crippen molar-refractivity contribution in [2.75, 3.05) is 13.2 Å². The Morgan fingerprint density at radius 1 is 1.56 bits per heavy atom. The lowest BCUT2D eigenvalue weighted by molar-refractivity contribution is 0.0366. The average molecular weight is 225 g/mol. The molecule has 0 saturated carbocycles. The van der Waals surface area contributed by atoms with Gasteiger partial charge in [0, 0.05) is 5.54 Å². The van der Waals surface area contributed by atoms with Crippen molar-refractivity contribution < 1.29 is 13.9 Å². The smallest absolute Gasteiger partial charge is 0.374 e. The molecule has 0 atom stereocenters. The van der Waals surface area contributed by atoms with Crippen LogP contribution in [0.1, 0.15) is 37.7 Å². The van der Waals surface area contributed by atoms with Gasteiger partial charge in [0.05, 0.1) is 6.26 Å². The minimum Gasteiger partial charge on any atom is -0.458 e. The SMILES string of the molecule is CCCNC(C)(C)COC(=O)c1ccco1. The number of hydrogen-bond donors (Lipinski definition) is 1. The topological polar surface area (TPSA) is 51.5 Å². The summed E-state index contributed by atoms with van der Waals surface area (Å²) in [6.07, 6.45) is 2.51. The first-order chi connectivity index (χ1) is 7.55. The number of carbonyl (C=O) groups is 1. The van der Waals surface area contributed by atoms with E-state index >= 15 is 0 Å². The monoisotopic (exact) mass is 225 g/mol. The van der Waals surface area contributed by atoms with E-state index < -0.39 is 5.97 Å². The van der Waals surface area contributed by atoms with Gasteiger partial charge in [0.2, 0.25) is 5.76 Å². The van der Waals surface area contributed by atoms with E-state index in [-0.39, 0.29) is 11.3 Å². The number of rotatable bonds is 6. The number of nitrogens with one attached hydrogen (secondary N) is 1. The van der Waals surface area contributed by atoms with E-state index in [1.54, 1.807) is 12.1 Å². The van der Waals surface area contributed by atoms with Gasteiger partial charge in [-0.1, -0.05) is 6.92 Å². The van der Waals surface area contributed by atoms with Crippen LogP contribution in [-0.4, -0.2) is 24.7 Å². The van der Waals surface area contributed by atoms with Gasteiger partial charge in [-0.15, -0.1) is 0 Å². The molecule has 0 aliphatic heterocycles. The molecule has 0 aliphatic rings. The molecule has 0 bridgehead atoms. The summed E-state index contributed by atoms with van der Waals surface area (Å²) < 4.78 is 10.1. The second-order valence-corrected chi connectivity index (χ2v) is 4.36. The fraction of sp³-hybridized carbons (Fsp3) is 0.583. The summed E-state index contributed by atoms with van der Waals surface area (Å²) in [5.41, 5.74) is -0.210. The molecule has 1 aromatic rings. The van der Waals surface area contributed by atoms with Crippen molar-refractivity contribution in [1.82, 2.24) is 5.32 Å². The third-order valence-electron chi connectivity index (χ3n) is 2.14. The lowest BCUT2D eigenvalue weighted by Gasteiger charge is -2.25.